The topological polar surface area (TPSA) is 92.7 Å². The maximum absolute atomic E-state index is 12.6. The molecule has 0 fully saturated rings. The lowest BCUT2D eigenvalue weighted by Gasteiger charge is -2.13. The van der Waals surface area contributed by atoms with Crippen molar-refractivity contribution in [3.05, 3.63) is 84.4 Å². The lowest BCUT2D eigenvalue weighted by molar-refractivity contribution is 0.0696. The molecular weight excluding hydrogens is 354 g/mol. The van der Waals surface area contributed by atoms with Gasteiger partial charge >= 0.3 is 5.97 Å². The minimum absolute atomic E-state index is 0.110. The van der Waals surface area contributed by atoms with Gasteiger partial charge in [0.2, 0.25) is 0 Å². The predicted molar refractivity (Wildman–Crippen MR) is 97.2 cm³/mol. The molecule has 0 spiro atoms. The second-order valence-electron chi connectivity index (χ2n) is 5.35. The third kappa shape index (κ3) is 4.01. The third-order valence-electron chi connectivity index (χ3n) is 3.49. The number of carboxylic acids is 1. The SMILES string of the molecule is O=C(O)c1cccc(S(=O)(=O)Nc2ccccc2Oc2ccccc2)c1. The van der Waals surface area contributed by atoms with Gasteiger partial charge in [0.15, 0.2) is 5.75 Å². The average molecular weight is 369 g/mol. The Kier molecular flexibility index (Phi) is 4.90. The van der Waals surface area contributed by atoms with Gasteiger partial charge in [-0.25, -0.2) is 13.2 Å². The van der Waals surface area contributed by atoms with Gasteiger partial charge in [-0.2, -0.15) is 0 Å². The van der Waals surface area contributed by atoms with E-state index in [9.17, 15) is 13.2 Å². The van der Waals surface area contributed by atoms with Crippen LogP contribution in [-0.4, -0.2) is 19.5 Å². The van der Waals surface area contributed by atoms with Crippen molar-refractivity contribution in [1.29, 1.82) is 0 Å². The number of benzene rings is 3. The molecular formula is C19H15NO5S. The van der Waals surface area contributed by atoms with Crippen molar-refractivity contribution in [1.82, 2.24) is 0 Å². The van der Waals surface area contributed by atoms with Crippen LogP contribution in [-0.2, 0) is 10.0 Å². The van der Waals surface area contributed by atoms with Gasteiger partial charge in [0, 0.05) is 0 Å². The molecule has 0 unspecified atom stereocenters. The Hall–Kier alpha value is -3.32. The van der Waals surface area contributed by atoms with Crippen molar-refractivity contribution in [2.45, 2.75) is 4.90 Å². The molecule has 7 heteroatoms. The number of sulfonamides is 1. The number of hydrogen-bond donors (Lipinski definition) is 2. The highest BCUT2D eigenvalue weighted by molar-refractivity contribution is 7.92. The fraction of sp³-hybridized carbons (Fsp3) is 0. The zero-order valence-electron chi connectivity index (χ0n) is 13.5. The van der Waals surface area contributed by atoms with E-state index in [2.05, 4.69) is 4.72 Å². The van der Waals surface area contributed by atoms with E-state index in [0.717, 1.165) is 6.07 Å². The van der Waals surface area contributed by atoms with Crippen LogP contribution < -0.4 is 9.46 Å². The fourth-order valence-electron chi connectivity index (χ4n) is 2.26. The molecule has 0 atom stereocenters. The largest absolute Gasteiger partial charge is 0.478 e. The van der Waals surface area contributed by atoms with Crippen molar-refractivity contribution in [2.24, 2.45) is 0 Å². The first-order valence-electron chi connectivity index (χ1n) is 7.64. The normalized spacial score (nSPS) is 10.9. The number of ether oxygens (including phenoxy) is 1. The zero-order chi connectivity index (χ0) is 18.6. The zero-order valence-corrected chi connectivity index (χ0v) is 14.3. The van der Waals surface area contributed by atoms with E-state index >= 15 is 0 Å². The minimum Gasteiger partial charge on any atom is -0.478 e. The van der Waals surface area contributed by atoms with E-state index in [0.29, 0.717) is 11.5 Å². The molecule has 132 valence electrons. The second kappa shape index (κ2) is 7.28. The van der Waals surface area contributed by atoms with Crippen molar-refractivity contribution in [3.63, 3.8) is 0 Å². The molecule has 0 radical (unpaired) electrons. The van der Waals surface area contributed by atoms with Crippen molar-refractivity contribution in [2.75, 3.05) is 4.72 Å². The van der Waals surface area contributed by atoms with Gasteiger partial charge in [-0.05, 0) is 42.5 Å². The minimum atomic E-state index is -3.98. The first-order valence-corrected chi connectivity index (χ1v) is 9.12. The summed E-state index contributed by atoms with van der Waals surface area (Å²) in [6, 6.07) is 20.7. The molecule has 0 heterocycles. The molecule has 0 aromatic heterocycles. The maximum atomic E-state index is 12.6. The van der Waals surface area contributed by atoms with Gasteiger partial charge < -0.3 is 9.84 Å². The van der Waals surface area contributed by atoms with Gasteiger partial charge in [-0.3, -0.25) is 4.72 Å². The average Bonchev–Trinajstić information content (AvgIpc) is 2.64. The van der Waals surface area contributed by atoms with E-state index in [-0.39, 0.29) is 16.1 Å². The molecule has 6 nitrogen and oxygen atoms in total. The van der Waals surface area contributed by atoms with Crippen LogP contribution in [0.5, 0.6) is 11.5 Å². The first kappa shape index (κ1) is 17.5. The van der Waals surface area contributed by atoms with E-state index in [4.69, 9.17) is 9.84 Å². The Morgan fingerprint density at radius 1 is 0.885 bits per heavy atom. The molecule has 0 bridgehead atoms. The Balaban J connectivity index is 1.91. The predicted octanol–water partition coefficient (Wildman–Crippen LogP) is 3.98. The van der Waals surface area contributed by atoms with Crippen LogP contribution in [0.3, 0.4) is 0 Å². The molecule has 0 aliphatic rings. The number of nitrogens with one attached hydrogen (secondary N) is 1. The van der Waals surface area contributed by atoms with Crippen LogP contribution in [0.15, 0.2) is 83.8 Å². The molecule has 3 aromatic carbocycles. The summed E-state index contributed by atoms with van der Waals surface area (Å²) in [7, 11) is -3.98. The molecule has 0 saturated heterocycles. The number of anilines is 1. The van der Waals surface area contributed by atoms with E-state index in [1.165, 1.54) is 18.2 Å². The summed E-state index contributed by atoms with van der Waals surface area (Å²) in [6.07, 6.45) is 0. The van der Waals surface area contributed by atoms with Crippen LogP contribution >= 0.6 is 0 Å². The van der Waals surface area contributed by atoms with Gasteiger partial charge in [0.25, 0.3) is 10.0 Å². The molecule has 2 N–H and O–H groups in total. The van der Waals surface area contributed by atoms with Gasteiger partial charge in [0.05, 0.1) is 16.1 Å². The van der Waals surface area contributed by atoms with Gasteiger partial charge in [-0.15, -0.1) is 0 Å². The van der Waals surface area contributed by atoms with Crippen LogP contribution in [0.25, 0.3) is 0 Å². The summed E-state index contributed by atoms with van der Waals surface area (Å²) in [4.78, 5) is 10.9. The van der Waals surface area contributed by atoms with Crippen LogP contribution in [0.2, 0.25) is 0 Å². The Morgan fingerprint density at radius 2 is 1.58 bits per heavy atom. The number of aromatic carboxylic acids is 1. The highest BCUT2D eigenvalue weighted by atomic mass is 32.2. The number of para-hydroxylation sites is 3. The number of rotatable bonds is 6. The lowest BCUT2D eigenvalue weighted by atomic mass is 10.2. The number of carboxylic acid groups (broad SMARTS) is 1. The van der Waals surface area contributed by atoms with Crippen LogP contribution in [0.4, 0.5) is 5.69 Å². The Labute approximate surface area is 150 Å². The van der Waals surface area contributed by atoms with Gasteiger partial charge in [0.1, 0.15) is 5.75 Å². The molecule has 0 saturated carbocycles. The summed E-state index contributed by atoms with van der Waals surface area (Å²) in [5, 5.41) is 9.04. The standard InChI is InChI=1S/C19H15NO5S/c21-19(22)14-7-6-10-16(13-14)26(23,24)20-17-11-4-5-12-18(17)25-15-8-2-1-3-9-15/h1-13,20H,(H,21,22). The van der Waals surface area contributed by atoms with Crippen LogP contribution in [0.1, 0.15) is 10.4 Å². The Bertz CT molecular complexity index is 1030. The van der Waals surface area contributed by atoms with Crippen molar-refractivity contribution < 1.29 is 23.1 Å². The molecule has 0 aliphatic heterocycles. The maximum Gasteiger partial charge on any atom is 0.335 e. The van der Waals surface area contributed by atoms with Crippen LogP contribution in [0, 0.1) is 0 Å². The molecule has 0 amide bonds. The summed E-state index contributed by atoms with van der Waals surface area (Å²) < 4.78 is 33.4. The van der Waals surface area contributed by atoms with E-state index < -0.39 is 16.0 Å². The first-order chi connectivity index (χ1) is 12.5. The summed E-state index contributed by atoms with van der Waals surface area (Å²) in [6.45, 7) is 0. The summed E-state index contributed by atoms with van der Waals surface area (Å²) in [5.74, 6) is -0.307. The highest BCUT2D eigenvalue weighted by Crippen LogP contribution is 2.30. The molecule has 26 heavy (non-hydrogen) atoms. The molecule has 0 aliphatic carbocycles. The highest BCUT2D eigenvalue weighted by Gasteiger charge is 2.18. The number of carbonyl (C=O) groups is 1. The van der Waals surface area contributed by atoms with Crippen molar-refractivity contribution in [3.8, 4) is 11.5 Å². The summed E-state index contributed by atoms with van der Waals surface area (Å²) >= 11 is 0. The fourth-order valence-corrected chi connectivity index (χ4v) is 3.37. The smallest absolute Gasteiger partial charge is 0.335 e. The number of hydrogen-bond acceptors (Lipinski definition) is 4. The quantitative estimate of drug-likeness (QED) is 0.686. The molecule has 3 aromatic rings. The summed E-state index contributed by atoms with van der Waals surface area (Å²) in [5.41, 5.74) is 0.138. The van der Waals surface area contributed by atoms with Crippen molar-refractivity contribution >= 4 is 21.7 Å². The monoisotopic (exact) mass is 369 g/mol. The van der Waals surface area contributed by atoms with E-state index in [1.807, 2.05) is 6.07 Å². The second-order valence-corrected chi connectivity index (χ2v) is 7.03. The lowest BCUT2D eigenvalue weighted by Crippen LogP contribution is -2.14. The molecule has 3 rings (SSSR count). The van der Waals surface area contributed by atoms with Gasteiger partial charge in [-0.1, -0.05) is 36.4 Å². The third-order valence-corrected chi connectivity index (χ3v) is 4.86. The Morgan fingerprint density at radius 3 is 2.31 bits per heavy atom. The van der Waals surface area contributed by atoms with E-state index in [1.54, 1.807) is 48.5 Å².